The Morgan fingerprint density at radius 2 is 2.38 bits per heavy atom. The number of carboxylic acid groups (broad SMARTS) is 1. The molecule has 1 aliphatic rings. The largest absolute Gasteiger partial charge is 0.481 e. The molecule has 3 N–H and O–H groups in total. The van der Waals surface area contributed by atoms with E-state index in [4.69, 9.17) is 5.11 Å². The van der Waals surface area contributed by atoms with Crippen molar-refractivity contribution in [2.45, 2.75) is 50.6 Å². The molecule has 5 nitrogen and oxygen atoms in total. The lowest BCUT2D eigenvalue weighted by Crippen LogP contribution is -2.54. The van der Waals surface area contributed by atoms with Crippen LogP contribution in [-0.4, -0.2) is 29.1 Å². The standard InChI is InChI=1S/C15H22N2O3S/c1-2-6-15(7-4-8-16-15)14(20)17-11(10-13(18)19)12-5-3-9-21-12/h3,5,9,11,16H,2,4,6-8,10H2,1H3,(H,17,20)(H,18,19). The summed E-state index contributed by atoms with van der Waals surface area (Å²) in [5, 5.41) is 17.2. The van der Waals surface area contributed by atoms with Crippen molar-refractivity contribution >= 4 is 23.2 Å². The molecule has 1 fully saturated rings. The Labute approximate surface area is 128 Å². The molecular formula is C15H22N2O3S. The molecule has 2 rings (SSSR count). The highest BCUT2D eigenvalue weighted by molar-refractivity contribution is 7.10. The van der Waals surface area contributed by atoms with E-state index in [1.165, 1.54) is 11.3 Å². The Morgan fingerprint density at radius 1 is 1.57 bits per heavy atom. The van der Waals surface area contributed by atoms with Crippen molar-refractivity contribution in [3.05, 3.63) is 22.4 Å². The van der Waals surface area contributed by atoms with Crippen LogP contribution >= 0.6 is 11.3 Å². The predicted molar refractivity (Wildman–Crippen MR) is 82.3 cm³/mol. The lowest BCUT2D eigenvalue weighted by Gasteiger charge is -2.30. The molecule has 2 atom stereocenters. The van der Waals surface area contributed by atoms with Crippen LogP contribution in [0.4, 0.5) is 0 Å². The van der Waals surface area contributed by atoms with Gasteiger partial charge in [0.25, 0.3) is 0 Å². The number of amides is 1. The Kier molecular flexibility index (Phi) is 5.36. The van der Waals surface area contributed by atoms with Gasteiger partial charge < -0.3 is 15.7 Å². The summed E-state index contributed by atoms with van der Waals surface area (Å²) in [6.07, 6.45) is 3.41. The third-order valence-electron chi connectivity index (χ3n) is 3.93. The summed E-state index contributed by atoms with van der Waals surface area (Å²) in [6.45, 7) is 2.90. The highest BCUT2D eigenvalue weighted by Gasteiger charge is 2.40. The molecule has 6 heteroatoms. The van der Waals surface area contributed by atoms with Crippen molar-refractivity contribution in [3.63, 3.8) is 0 Å². The number of hydrogen-bond donors (Lipinski definition) is 3. The highest BCUT2D eigenvalue weighted by Crippen LogP contribution is 2.28. The zero-order valence-electron chi connectivity index (χ0n) is 12.2. The van der Waals surface area contributed by atoms with E-state index in [2.05, 4.69) is 17.6 Å². The van der Waals surface area contributed by atoms with Crippen LogP contribution < -0.4 is 10.6 Å². The van der Waals surface area contributed by atoms with E-state index in [1.807, 2.05) is 17.5 Å². The third kappa shape index (κ3) is 3.83. The van der Waals surface area contributed by atoms with E-state index in [0.29, 0.717) is 0 Å². The molecule has 1 saturated heterocycles. The first-order valence-electron chi connectivity index (χ1n) is 7.38. The van der Waals surface area contributed by atoms with Crippen molar-refractivity contribution in [2.75, 3.05) is 6.54 Å². The molecule has 1 aromatic heterocycles. The van der Waals surface area contributed by atoms with Crippen LogP contribution in [0.5, 0.6) is 0 Å². The molecule has 1 amide bonds. The first-order valence-corrected chi connectivity index (χ1v) is 8.26. The van der Waals surface area contributed by atoms with Gasteiger partial charge in [-0.3, -0.25) is 9.59 Å². The summed E-state index contributed by atoms with van der Waals surface area (Å²) in [6, 6.07) is 3.29. The molecular weight excluding hydrogens is 288 g/mol. The second-order valence-corrected chi connectivity index (χ2v) is 6.48. The Balaban J connectivity index is 2.11. The number of hydrogen-bond acceptors (Lipinski definition) is 4. The monoisotopic (exact) mass is 310 g/mol. The number of aliphatic carboxylic acids is 1. The minimum atomic E-state index is -0.905. The maximum Gasteiger partial charge on any atom is 0.305 e. The summed E-state index contributed by atoms with van der Waals surface area (Å²) < 4.78 is 0. The number of thiophene rings is 1. The van der Waals surface area contributed by atoms with Crippen LogP contribution in [0.2, 0.25) is 0 Å². The topological polar surface area (TPSA) is 78.4 Å². The Hall–Kier alpha value is -1.40. The minimum absolute atomic E-state index is 0.0681. The van der Waals surface area contributed by atoms with E-state index in [-0.39, 0.29) is 12.3 Å². The molecule has 2 heterocycles. The summed E-state index contributed by atoms with van der Waals surface area (Å²) in [4.78, 5) is 24.6. The van der Waals surface area contributed by atoms with Gasteiger partial charge in [-0.25, -0.2) is 0 Å². The van der Waals surface area contributed by atoms with Crippen molar-refractivity contribution in [2.24, 2.45) is 0 Å². The first kappa shape index (κ1) is 16.0. The molecule has 0 aromatic carbocycles. The van der Waals surface area contributed by atoms with Gasteiger partial charge in [0, 0.05) is 4.88 Å². The van der Waals surface area contributed by atoms with Gasteiger partial charge in [-0.15, -0.1) is 11.3 Å². The van der Waals surface area contributed by atoms with Crippen molar-refractivity contribution in [1.82, 2.24) is 10.6 Å². The number of rotatable bonds is 7. The van der Waals surface area contributed by atoms with Crippen LogP contribution in [0.3, 0.4) is 0 Å². The van der Waals surface area contributed by atoms with Gasteiger partial charge in [0.05, 0.1) is 18.0 Å². The van der Waals surface area contributed by atoms with Gasteiger partial charge >= 0.3 is 5.97 Å². The predicted octanol–water partition coefficient (Wildman–Crippen LogP) is 2.30. The van der Waals surface area contributed by atoms with Gasteiger partial charge in [0.1, 0.15) is 0 Å². The maximum absolute atomic E-state index is 12.7. The van der Waals surface area contributed by atoms with Crippen molar-refractivity contribution in [3.8, 4) is 0 Å². The zero-order valence-corrected chi connectivity index (χ0v) is 13.0. The minimum Gasteiger partial charge on any atom is -0.481 e. The van der Waals surface area contributed by atoms with Gasteiger partial charge in [0.15, 0.2) is 0 Å². The smallest absolute Gasteiger partial charge is 0.305 e. The molecule has 0 spiro atoms. The zero-order chi connectivity index (χ0) is 15.3. The second-order valence-electron chi connectivity index (χ2n) is 5.50. The second kappa shape index (κ2) is 7.04. The highest BCUT2D eigenvalue weighted by atomic mass is 32.1. The van der Waals surface area contributed by atoms with Gasteiger partial charge in [-0.05, 0) is 37.3 Å². The van der Waals surface area contributed by atoms with E-state index < -0.39 is 17.6 Å². The van der Waals surface area contributed by atoms with Crippen LogP contribution in [0, 0.1) is 0 Å². The summed E-state index contributed by atoms with van der Waals surface area (Å²) in [5.41, 5.74) is -0.525. The van der Waals surface area contributed by atoms with Gasteiger partial charge in [0.2, 0.25) is 5.91 Å². The SMILES string of the molecule is CCCC1(C(=O)NC(CC(=O)O)c2cccs2)CCCN1. The molecule has 2 unspecified atom stereocenters. The normalized spacial score (nSPS) is 22.9. The molecule has 0 saturated carbocycles. The molecule has 116 valence electrons. The fraction of sp³-hybridized carbons (Fsp3) is 0.600. The summed E-state index contributed by atoms with van der Waals surface area (Å²) in [5.74, 6) is -0.973. The van der Waals surface area contributed by atoms with E-state index >= 15 is 0 Å². The van der Waals surface area contributed by atoms with E-state index in [0.717, 1.165) is 37.1 Å². The van der Waals surface area contributed by atoms with Crippen molar-refractivity contribution < 1.29 is 14.7 Å². The molecule has 0 radical (unpaired) electrons. The lowest BCUT2D eigenvalue weighted by atomic mass is 9.90. The van der Waals surface area contributed by atoms with E-state index in [9.17, 15) is 9.59 Å². The maximum atomic E-state index is 12.7. The van der Waals surface area contributed by atoms with Crippen LogP contribution in [-0.2, 0) is 9.59 Å². The fourth-order valence-electron chi connectivity index (χ4n) is 2.94. The average Bonchev–Trinajstić information content (AvgIpc) is 3.09. The third-order valence-corrected chi connectivity index (χ3v) is 4.91. The number of carbonyl (C=O) groups is 2. The Bertz CT molecular complexity index is 481. The van der Waals surface area contributed by atoms with Gasteiger partial charge in [-0.1, -0.05) is 19.4 Å². The summed E-state index contributed by atoms with van der Waals surface area (Å²) >= 11 is 1.47. The number of nitrogens with one attached hydrogen (secondary N) is 2. The van der Waals surface area contributed by atoms with Crippen LogP contribution in [0.15, 0.2) is 17.5 Å². The quantitative estimate of drug-likeness (QED) is 0.722. The molecule has 0 aliphatic carbocycles. The number of carbonyl (C=O) groups excluding carboxylic acids is 1. The molecule has 1 aromatic rings. The molecule has 1 aliphatic heterocycles. The fourth-order valence-corrected chi connectivity index (χ4v) is 3.71. The van der Waals surface area contributed by atoms with Gasteiger partial charge in [-0.2, -0.15) is 0 Å². The first-order chi connectivity index (χ1) is 10.1. The Morgan fingerprint density at radius 3 is 2.90 bits per heavy atom. The van der Waals surface area contributed by atoms with Crippen LogP contribution in [0.1, 0.15) is 49.9 Å². The van der Waals surface area contributed by atoms with Crippen molar-refractivity contribution in [1.29, 1.82) is 0 Å². The summed E-state index contributed by atoms with van der Waals surface area (Å²) in [7, 11) is 0. The average molecular weight is 310 g/mol. The molecule has 21 heavy (non-hydrogen) atoms. The van der Waals surface area contributed by atoms with Crippen LogP contribution in [0.25, 0.3) is 0 Å². The van der Waals surface area contributed by atoms with E-state index in [1.54, 1.807) is 0 Å². The lowest BCUT2D eigenvalue weighted by molar-refractivity contribution is -0.138. The molecule has 0 bridgehead atoms. The number of carboxylic acids is 1.